The molecule has 0 N–H and O–H groups in total. The first kappa shape index (κ1) is 25.8. The lowest BCUT2D eigenvalue weighted by Crippen LogP contribution is -2.45. The van der Waals surface area contributed by atoms with Gasteiger partial charge in [-0.25, -0.2) is 4.58 Å². The number of Topliss-reactive ketones (excluding diaryl/α,β-unsaturated/α-hetero) is 1. The van der Waals surface area contributed by atoms with Crippen LogP contribution in [-0.2, 0) is 25.7 Å². The molecule has 3 aromatic carbocycles. The lowest BCUT2D eigenvalue weighted by atomic mass is 9.81. The van der Waals surface area contributed by atoms with Crippen LogP contribution >= 0.6 is 0 Å². The summed E-state index contributed by atoms with van der Waals surface area (Å²) in [6, 6.07) is 9.53. The Morgan fingerprint density at radius 1 is 0.857 bits per heavy atom. The number of anilines is 1. The third-order valence-electron chi connectivity index (χ3n) is 10.0. The van der Waals surface area contributed by atoms with Gasteiger partial charge < -0.3 is 19.5 Å². The lowest BCUT2D eigenvalue weighted by molar-refractivity contribution is -0.255. The van der Waals surface area contributed by atoms with Crippen LogP contribution in [-0.4, -0.2) is 37.9 Å². The number of hydrogen-bond donors (Lipinski definition) is 0. The van der Waals surface area contributed by atoms with Gasteiger partial charge in [0.2, 0.25) is 5.36 Å². The maximum Gasteiger partial charge on any atom is 0.210 e. The number of carboxylic acid groups (broad SMARTS) is 1. The molecule has 6 nitrogen and oxygen atoms in total. The lowest BCUT2D eigenvalue weighted by Gasteiger charge is -2.39. The van der Waals surface area contributed by atoms with E-state index in [2.05, 4.69) is 21.6 Å². The van der Waals surface area contributed by atoms with E-state index in [1.54, 1.807) is 18.2 Å². The molecule has 0 aromatic heterocycles. The quantitative estimate of drug-likeness (QED) is 0.283. The maximum absolute atomic E-state index is 13.2. The summed E-state index contributed by atoms with van der Waals surface area (Å²) in [6.07, 6.45) is 8.23. The normalized spacial score (nSPS) is 18.1. The second kappa shape index (κ2) is 9.55. The van der Waals surface area contributed by atoms with Gasteiger partial charge in [0, 0.05) is 76.1 Å². The van der Waals surface area contributed by atoms with E-state index in [-0.39, 0.29) is 17.3 Å². The van der Waals surface area contributed by atoms with Gasteiger partial charge in [0.05, 0.1) is 11.5 Å². The number of carbonyl (C=O) groups is 2. The summed E-state index contributed by atoms with van der Waals surface area (Å²) < 4.78 is 9.60. The first-order valence-electron chi connectivity index (χ1n) is 15.7. The highest BCUT2D eigenvalue weighted by Crippen LogP contribution is 2.48. The summed E-state index contributed by atoms with van der Waals surface area (Å²) in [6.45, 7) is 8.02. The van der Waals surface area contributed by atoms with Crippen LogP contribution in [0.1, 0.15) is 93.6 Å². The number of ether oxygens (including phenoxy) is 1. The molecule has 0 bridgehead atoms. The van der Waals surface area contributed by atoms with Crippen LogP contribution in [0.5, 0.6) is 11.5 Å². The number of aromatic carboxylic acids is 1. The molecule has 0 saturated carbocycles. The summed E-state index contributed by atoms with van der Waals surface area (Å²) in [4.78, 5) is 28.4. The van der Waals surface area contributed by atoms with Crippen molar-refractivity contribution in [1.29, 1.82) is 0 Å². The number of hydrogen-bond acceptors (Lipinski definition) is 5. The predicted molar refractivity (Wildman–Crippen MR) is 160 cm³/mol. The van der Waals surface area contributed by atoms with Crippen molar-refractivity contribution >= 4 is 23.0 Å². The number of aryl methyl sites for hydroxylation is 2. The second-order valence-corrected chi connectivity index (χ2v) is 12.9. The molecule has 3 aromatic rings. The van der Waals surface area contributed by atoms with Crippen LogP contribution in [0.2, 0.25) is 0 Å². The average molecular weight is 561 g/mol. The molecule has 0 radical (unpaired) electrons. The summed E-state index contributed by atoms with van der Waals surface area (Å²) >= 11 is 0. The molecule has 0 atom stereocenters. The summed E-state index contributed by atoms with van der Waals surface area (Å²) in [7, 11) is 0. The molecule has 0 fully saturated rings. The van der Waals surface area contributed by atoms with Gasteiger partial charge in [-0.3, -0.25) is 4.79 Å². The van der Waals surface area contributed by atoms with Crippen molar-refractivity contribution in [2.24, 2.45) is 5.92 Å². The molecule has 0 amide bonds. The van der Waals surface area contributed by atoms with E-state index < -0.39 is 5.97 Å². The van der Waals surface area contributed by atoms with Crippen LogP contribution in [0, 0.1) is 5.92 Å². The van der Waals surface area contributed by atoms with Crippen molar-refractivity contribution in [2.75, 3.05) is 31.1 Å². The van der Waals surface area contributed by atoms with E-state index in [1.807, 2.05) is 13.8 Å². The zero-order valence-corrected chi connectivity index (χ0v) is 24.5. The zero-order chi connectivity index (χ0) is 28.7. The molecule has 0 aliphatic carbocycles. The number of benzene rings is 3. The van der Waals surface area contributed by atoms with Gasteiger partial charge in [-0.1, -0.05) is 26.0 Å². The Hall–Kier alpha value is -3.93. The standard InChI is InChI=1S/C36H36N2O4/c1-20(2)33(39)23-11-12-24(36(40)41)27(19-23)30-28-17-21-7-3-13-37-15-5-9-25(31(21)37)34(28)42-35-26-10-6-16-38-14-4-8-22(32(26)38)18-29(30)35/h11-12,17-20H,3-10,13-16H2,1-2H3. The molecule has 214 valence electrons. The number of fused-ring (bicyclic) bond motifs is 4. The minimum atomic E-state index is -1.23. The fourth-order valence-electron chi connectivity index (χ4n) is 8.22. The van der Waals surface area contributed by atoms with Crippen LogP contribution in [0.3, 0.4) is 0 Å². The van der Waals surface area contributed by atoms with E-state index >= 15 is 0 Å². The zero-order valence-electron chi connectivity index (χ0n) is 24.5. The van der Waals surface area contributed by atoms with Crippen molar-refractivity contribution in [2.45, 2.75) is 65.2 Å². The highest BCUT2D eigenvalue weighted by Gasteiger charge is 2.36. The molecular formula is C36H36N2O4. The average Bonchev–Trinajstić information content (AvgIpc) is 3.00. The number of nitrogens with zero attached hydrogens (tertiary/aromatic N) is 2. The number of carboxylic acids is 1. The monoisotopic (exact) mass is 560 g/mol. The van der Waals surface area contributed by atoms with Crippen molar-refractivity contribution in [3.63, 3.8) is 0 Å². The Morgan fingerprint density at radius 2 is 1.60 bits per heavy atom. The van der Waals surface area contributed by atoms with Crippen molar-refractivity contribution in [3.8, 4) is 11.5 Å². The molecular weight excluding hydrogens is 524 g/mol. The Balaban J connectivity index is 1.53. The van der Waals surface area contributed by atoms with Gasteiger partial charge in [0.25, 0.3) is 0 Å². The third-order valence-corrected chi connectivity index (χ3v) is 10.0. The van der Waals surface area contributed by atoms with Crippen LogP contribution in [0.15, 0.2) is 30.3 Å². The second-order valence-electron chi connectivity index (χ2n) is 12.9. The van der Waals surface area contributed by atoms with Crippen molar-refractivity contribution in [1.82, 2.24) is 4.58 Å². The van der Waals surface area contributed by atoms with E-state index in [9.17, 15) is 14.7 Å². The minimum Gasteiger partial charge on any atom is -0.545 e. The topological polar surface area (TPSA) is 72.7 Å². The van der Waals surface area contributed by atoms with Gasteiger partial charge >= 0.3 is 0 Å². The van der Waals surface area contributed by atoms with Crippen molar-refractivity contribution in [3.05, 3.63) is 85.4 Å². The molecule has 6 heteroatoms. The van der Waals surface area contributed by atoms with Gasteiger partial charge in [0.1, 0.15) is 24.6 Å². The maximum atomic E-state index is 13.2. The summed E-state index contributed by atoms with van der Waals surface area (Å²) in [5.41, 5.74) is 9.47. The fraction of sp³-hybridized carbons (Fsp3) is 0.417. The molecule has 5 heterocycles. The minimum absolute atomic E-state index is 0.00149. The van der Waals surface area contributed by atoms with E-state index in [1.165, 1.54) is 33.3 Å². The smallest absolute Gasteiger partial charge is 0.210 e. The molecule has 5 aliphatic heterocycles. The SMILES string of the molecule is CC(C)C(=O)c1ccc(C(=O)[O-])c(C2=c3cc4c5c(c3Oc3c2cc2c6c3CCCN6CCC2)CCC[N+]=5CCC4)c1. The van der Waals surface area contributed by atoms with Gasteiger partial charge in [-0.2, -0.15) is 0 Å². The van der Waals surface area contributed by atoms with Crippen LogP contribution in [0.25, 0.3) is 5.57 Å². The number of carbonyl (C=O) groups excluding carboxylic acids is 2. The molecule has 0 unspecified atom stereocenters. The molecule has 0 saturated heterocycles. The highest BCUT2D eigenvalue weighted by molar-refractivity contribution is 6.03. The van der Waals surface area contributed by atoms with Crippen LogP contribution in [0.4, 0.5) is 5.69 Å². The Kier molecular flexibility index (Phi) is 5.86. The van der Waals surface area contributed by atoms with E-state index in [0.29, 0.717) is 11.1 Å². The van der Waals surface area contributed by atoms with E-state index in [4.69, 9.17) is 4.74 Å². The molecule has 5 aliphatic rings. The third kappa shape index (κ3) is 3.73. The fourth-order valence-corrected chi connectivity index (χ4v) is 8.22. The van der Waals surface area contributed by atoms with Gasteiger partial charge in [0.15, 0.2) is 5.78 Å². The van der Waals surface area contributed by atoms with E-state index in [0.717, 1.165) is 105 Å². The van der Waals surface area contributed by atoms with Gasteiger partial charge in [-0.15, -0.1) is 0 Å². The number of ketones is 1. The molecule has 42 heavy (non-hydrogen) atoms. The molecule has 8 rings (SSSR count). The highest BCUT2D eigenvalue weighted by atomic mass is 16.5. The number of rotatable bonds is 4. The van der Waals surface area contributed by atoms with Crippen LogP contribution < -0.4 is 29.9 Å². The predicted octanol–water partition coefficient (Wildman–Crippen LogP) is 3.32. The van der Waals surface area contributed by atoms with Gasteiger partial charge in [-0.05, 0) is 67.9 Å². The molecule has 0 spiro atoms. The largest absolute Gasteiger partial charge is 0.545 e. The Bertz CT molecular complexity index is 1850. The first-order chi connectivity index (χ1) is 20.4. The van der Waals surface area contributed by atoms with Crippen molar-refractivity contribution < 1.29 is 19.4 Å². The Morgan fingerprint density at radius 3 is 2.38 bits per heavy atom. The summed E-state index contributed by atoms with van der Waals surface area (Å²) in [5.74, 6) is 0.317. The Labute approximate surface area is 245 Å². The first-order valence-corrected chi connectivity index (χ1v) is 15.7. The summed E-state index contributed by atoms with van der Waals surface area (Å²) in [5, 5.41) is 14.9.